The molecule has 0 radical (unpaired) electrons. The maximum absolute atomic E-state index is 11.7. The minimum Gasteiger partial charge on any atom is -0.481 e. The molecule has 7 nitrogen and oxygen atoms in total. The van der Waals surface area contributed by atoms with Crippen molar-refractivity contribution in [3.05, 3.63) is 28.3 Å². The van der Waals surface area contributed by atoms with Crippen LogP contribution in [0.1, 0.15) is 30.9 Å². The molecule has 25 heavy (non-hydrogen) atoms. The normalized spacial score (nSPS) is 10.1. The third-order valence-electron chi connectivity index (χ3n) is 3.19. The van der Waals surface area contributed by atoms with Crippen molar-refractivity contribution in [1.82, 2.24) is 10.6 Å². The highest BCUT2D eigenvalue weighted by Crippen LogP contribution is 2.26. The number of ether oxygens (including phenoxy) is 2. The molecule has 0 bridgehead atoms. The molecule has 0 aromatic heterocycles. The van der Waals surface area contributed by atoms with Crippen LogP contribution in [0.5, 0.6) is 5.75 Å². The zero-order valence-electron chi connectivity index (χ0n) is 14.6. The molecule has 138 valence electrons. The fourth-order valence-electron chi connectivity index (χ4n) is 2.03. The van der Waals surface area contributed by atoms with E-state index in [-0.39, 0.29) is 6.61 Å². The molecular weight excluding hydrogens is 348 g/mol. The van der Waals surface area contributed by atoms with Crippen LogP contribution in [0.15, 0.2) is 12.1 Å². The topological polar surface area (TPSA) is 93.7 Å². The fraction of sp³-hybridized carbons (Fsp3) is 0.471. The van der Waals surface area contributed by atoms with Crippen LogP contribution in [0.3, 0.4) is 0 Å². The number of hydrogen-bond donors (Lipinski definition) is 2. The van der Waals surface area contributed by atoms with Gasteiger partial charge >= 0.3 is 12.0 Å². The Morgan fingerprint density at radius 2 is 1.76 bits per heavy atom. The Hall–Kier alpha value is -2.28. The summed E-state index contributed by atoms with van der Waals surface area (Å²) in [6, 6.07) is 2.83. The third-order valence-corrected chi connectivity index (χ3v) is 3.41. The van der Waals surface area contributed by atoms with Crippen molar-refractivity contribution < 1.29 is 23.9 Å². The van der Waals surface area contributed by atoms with Crippen LogP contribution in [-0.2, 0) is 14.3 Å². The number of benzene rings is 1. The van der Waals surface area contributed by atoms with E-state index >= 15 is 0 Å². The van der Waals surface area contributed by atoms with Gasteiger partial charge in [0, 0.05) is 11.6 Å². The second-order valence-electron chi connectivity index (χ2n) is 5.48. The van der Waals surface area contributed by atoms with E-state index < -0.39 is 24.5 Å². The number of esters is 1. The number of carbonyl (C=O) groups is 3. The molecule has 0 aliphatic heterocycles. The number of rotatable bonds is 8. The van der Waals surface area contributed by atoms with Gasteiger partial charge in [0.05, 0.1) is 0 Å². The summed E-state index contributed by atoms with van der Waals surface area (Å²) in [7, 11) is 0. The molecule has 0 heterocycles. The molecule has 2 N–H and O–H groups in total. The van der Waals surface area contributed by atoms with Crippen LogP contribution >= 0.6 is 11.6 Å². The van der Waals surface area contributed by atoms with Gasteiger partial charge in [0.15, 0.2) is 13.2 Å². The van der Waals surface area contributed by atoms with Crippen molar-refractivity contribution in [2.75, 3.05) is 19.8 Å². The van der Waals surface area contributed by atoms with Crippen molar-refractivity contribution >= 4 is 29.5 Å². The molecule has 1 rings (SSSR count). The van der Waals surface area contributed by atoms with Gasteiger partial charge in [-0.05, 0) is 43.5 Å². The standard InChI is InChI=1S/C17H23ClN2O5/c1-4-5-6-19-17(23)20-14(21)9-24-15(22)10-25-16-11(2)7-13(18)8-12(16)3/h7-8H,4-6,9-10H2,1-3H3,(H2,19,20,21,23). The highest BCUT2D eigenvalue weighted by molar-refractivity contribution is 6.30. The first-order valence-electron chi connectivity index (χ1n) is 7.96. The van der Waals surface area contributed by atoms with Gasteiger partial charge < -0.3 is 14.8 Å². The quantitative estimate of drug-likeness (QED) is 0.541. The first kappa shape index (κ1) is 20.8. The molecule has 0 saturated carbocycles. The minimum atomic E-state index is -0.713. The highest BCUT2D eigenvalue weighted by atomic mass is 35.5. The van der Waals surface area contributed by atoms with Crippen LogP contribution < -0.4 is 15.4 Å². The monoisotopic (exact) mass is 370 g/mol. The summed E-state index contributed by atoms with van der Waals surface area (Å²) >= 11 is 5.93. The minimum absolute atomic E-state index is 0.348. The predicted octanol–water partition coefficient (Wildman–Crippen LogP) is 2.50. The maximum atomic E-state index is 11.7. The van der Waals surface area contributed by atoms with Gasteiger partial charge in [-0.1, -0.05) is 24.9 Å². The average molecular weight is 371 g/mol. The summed E-state index contributed by atoms with van der Waals surface area (Å²) in [5.74, 6) is -0.877. The molecule has 0 aliphatic rings. The number of unbranched alkanes of at least 4 members (excludes halogenated alkanes) is 1. The number of hydrogen-bond acceptors (Lipinski definition) is 5. The van der Waals surface area contributed by atoms with Crippen LogP contribution in [0.25, 0.3) is 0 Å². The van der Waals surface area contributed by atoms with Crippen LogP contribution in [0.2, 0.25) is 5.02 Å². The summed E-state index contributed by atoms with van der Waals surface area (Å²) in [6.45, 7) is 5.18. The lowest BCUT2D eigenvalue weighted by Gasteiger charge is -2.12. The van der Waals surface area contributed by atoms with E-state index in [0.717, 1.165) is 24.0 Å². The Labute approximate surface area is 152 Å². The SMILES string of the molecule is CCCCNC(=O)NC(=O)COC(=O)COc1c(C)cc(Cl)cc1C. The van der Waals surface area contributed by atoms with Crippen molar-refractivity contribution in [3.8, 4) is 5.75 Å². The molecule has 0 spiro atoms. The van der Waals surface area contributed by atoms with Crippen LogP contribution in [0.4, 0.5) is 4.79 Å². The van der Waals surface area contributed by atoms with Gasteiger partial charge in [0.2, 0.25) is 0 Å². The molecular formula is C17H23ClN2O5. The van der Waals surface area contributed by atoms with E-state index in [1.165, 1.54) is 0 Å². The first-order chi connectivity index (χ1) is 11.8. The van der Waals surface area contributed by atoms with E-state index in [1.54, 1.807) is 12.1 Å². The summed E-state index contributed by atoms with van der Waals surface area (Å²) in [6.07, 6.45) is 1.75. The number of urea groups is 1. The first-order valence-corrected chi connectivity index (χ1v) is 8.34. The molecule has 1 aromatic rings. The fourth-order valence-corrected chi connectivity index (χ4v) is 2.36. The van der Waals surface area contributed by atoms with Crippen molar-refractivity contribution in [2.24, 2.45) is 0 Å². The van der Waals surface area contributed by atoms with Crippen molar-refractivity contribution in [1.29, 1.82) is 0 Å². The zero-order chi connectivity index (χ0) is 18.8. The summed E-state index contributed by atoms with van der Waals surface area (Å²) in [5, 5.41) is 5.17. The predicted molar refractivity (Wildman–Crippen MR) is 93.8 cm³/mol. The number of aryl methyl sites for hydroxylation is 2. The van der Waals surface area contributed by atoms with Crippen LogP contribution in [-0.4, -0.2) is 37.7 Å². The van der Waals surface area contributed by atoms with Gasteiger partial charge in [0.25, 0.3) is 5.91 Å². The van der Waals surface area contributed by atoms with Gasteiger partial charge in [-0.3, -0.25) is 10.1 Å². The molecule has 0 atom stereocenters. The summed E-state index contributed by atoms with van der Waals surface area (Å²) < 4.78 is 10.2. The largest absolute Gasteiger partial charge is 0.481 e. The van der Waals surface area contributed by atoms with Gasteiger partial charge in [0.1, 0.15) is 5.75 Å². The lowest BCUT2D eigenvalue weighted by atomic mass is 10.1. The zero-order valence-corrected chi connectivity index (χ0v) is 15.4. The number of carbonyl (C=O) groups excluding carboxylic acids is 3. The number of amides is 3. The second-order valence-corrected chi connectivity index (χ2v) is 5.91. The Morgan fingerprint density at radius 3 is 2.36 bits per heavy atom. The summed E-state index contributed by atoms with van der Waals surface area (Å²) in [4.78, 5) is 34.5. The summed E-state index contributed by atoms with van der Waals surface area (Å²) in [5.41, 5.74) is 1.58. The molecule has 8 heteroatoms. The Kier molecular flexibility index (Phi) is 8.77. The van der Waals surface area contributed by atoms with E-state index in [9.17, 15) is 14.4 Å². The maximum Gasteiger partial charge on any atom is 0.344 e. The Morgan fingerprint density at radius 1 is 1.12 bits per heavy atom. The number of nitrogens with one attached hydrogen (secondary N) is 2. The highest BCUT2D eigenvalue weighted by Gasteiger charge is 2.13. The second kappa shape index (κ2) is 10.6. The molecule has 0 fully saturated rings. The lowest BCUT2D eigenvalue weighted by Crippen LogP contribution is -2.41. The smallest absolute Gasteiger partial charge is 0.344 e. The van der Waals surface area contributed by atoms with E-state index in [1.807, 2.05) is 20.8 Å². The number of halogens is 1. The van der Waals surface area contributed by atoms with E-state index in [4.69, 9.17) is 21.1 Å². The molecule has 0 saturated heterocycles. The van der Waals surface area contributed by atoms with E-state index in [2.05, 4.69) is 10.6 Å². The van der Waals surface area contributed by atoms with Gasteiger partial charge in [-0.2, -0.15) is 0 Å². The molecule has 0 unspecified atom stereocenters. The lowest BCUT2D eigenvalue weighted by molar-refractivity contribution is -0.150. The molecule has 1 aromatic carbocycles. The molecule has 0 aliphatic carbocycles. The molecule has 3 amide bonds. The third kappa shape index (κ3) is 7.89. The van der Waals surface area contributed by atoms with Crippen molar-refractivity contribution in [3.63, 3.8) is 0 Å². The Balaban J connectivity index is 2.33. The van der Waals surface area contributed by atoms with Gasteiger partial charge in [-0.25, -0.2) is 9.59 Å². The van der Waals surface area contributed by atoms with Gasteiger partial charge in [-0.15, -0.1) is 0 Å². The Bertz CT molecular complexity index is 610. The average Bonchev–Trinajstić information content (AvgIpc) is 2.52. The van der Waals surface area contributed by atoms with E-state index in [0.29, 0.717) is 17.3 Å². The van der Waals surface area contributed by atoms with Crippen molar-refractivity contribution in [2.45, 2.75) is 33.6 Å². The van der Waals surface area contributed by atoms with Crippen LogP contribution in [0, 0.1) is 13.8 Å². The number of imide groups is 1.